The zero-order valence-corrected chi connectivity index (χ0v) is 23.2. The molecule has 3 aromatic rings. The highest BCUT2D eigenvalue weighted by Crippen LogP contribution is 2.19. The fourth-order valence-electron chi connectivity index (χ4n) is 5.16. The number of rotatable bonds is 10. The molecule has 3 heterocycles. The first-order valence-corrected chi connectivity index (χ1v) is 13.9. The Kier molecular flexibility index (Phi) is 9.26. The lowest BCUT2D eigenvalue weighted by atomic mass is 10.2. The number of para-hydroxylation sites is 1. The first-order valence-electron chi connectivity index (χ1n) is 13.9. The predicted molar refractivity (Wildman–Crippen MR) is 156 cm³/mol. The Balaban J connectivity index is 1.29. The minimum atomic E-state index is -0.119. The van der Waals surface area contributed by atoms with E-state index in [9.17, 15) is 4.79 Å². The molecule has 2 aromatic carbocycles. The van der Waals surface area contributed by atoms with Crippen LogP contribution in [0.25, 0.3) is 5.69 Å². The summed E-state index contributed by atoms with van der Waals surface area (Å²) >= 11 is 0. The maximum Gasteiger partial charge on any atom is 0.297 e. The summed E-state index contributed by atoms with van der Waals surface area (Å²) in [5.74, 6) is 0. The third-order valence-corrected chi connectivity index (χ3v) is 7.70. The first-order chi connectivity index (χ1) is 19.1. The number of hydrogen-bond donors (Lipinski definition) is 0. The minimum absolute atomic E-state index is 0.119. The molecule has 208 valence electrons. The lowest BCUT2D eigenvalue weighted by molar-refractivity contribution is 0.0368. The average Bonchev–Trinajstić information content (AvgIpc) is 3.20. The molecule has 2 aliphatic heterocycles. The van der Waals surface area contributed by atoms with Gasteiger partial charge in [0.15, 0.2) is 5.69 Å². The van der Waals surface area contributed by atoms with Crippen LogP contribution in [0.15, 0.2) is 64.4 Å². The van der Waals surface area contributed by atoms with E-state index < -0.39 is 0 Å². The van der Waals surface area contributed by atoms with Gasteiger partial charge in [0.2, 0.25) is 0 Å². The standard InChI is InChI=1S/C30H40N6O3/c1-25-29(30(37)36(32(25)2)28-6-4-3-5-7-28)31-24-26-8-10-27(11-9-26)35(14-12-33-16-20-38-21-17-33)15-13-34-18-22-39-23-19-34/h3-11,24H,12-23H2,1-2H3. The van der Waals surface area contributed by atoms with Crippen LogP contribution in [0.5, 0.6) is 0 Å². The summed E-state index contributed by atoms with van der Waals surface area (Å²) in [6, 6.07) is 18.2. The van der Waals surface area contributed by atoms with E-state index in [0.29, 0.717) is 5.69 Å². The summed E-state index contributed by atoms with van der Waals surface area (Å²) in [5, 5.41) is 0. The Labute approximate surface area is 230 Å². The van der Waals surface area contributed by atoms with Crippen molar-refractivity contribution in [2.24, 2.45) is 12.0 Å². The minimum Gasteiger partial charge on any atom is -0.379 e. The highest BCUT2D eigenvalue weighted by atomic mass is 16.5. The van der Waals surface area contributed by atoms with Gasteiger partial charge >= 0.3 is 0 Å². The van der Waals surface area contributed by atoms with Crippen LogP contribution in [0.1, 0.15) is 11.3 Å². The van der Waals surface area contributed by atoms with E-state index in [-0.39, 0.29) is 5.56 Å². The van der Waals surface area contributed by atoms with Gasteiger partial charge in [0, 0.05) is 71.3 Å². The summed E-state index contributed by atoms with van der Waals surface area (Å²) in [4.78, 5) is 25.2. The summed E-state index contributed by atoms with van der Waals surface area (Å²) < 4.78 is 14.6. The van der Waals surface area contributed by atoms with Gasteiger partial charge in [-0.3, -0.25) is 19.3 Å². The lowest BCUT2D eigenvalue weighted by Gasteiger charge is -2.33. The molecule has 0 saturated carbocycles. The molecule has 0 aliphatic carbocycles. The second kappa shape index (κ2) is 13.2. The highest BCUT2D eigenvalue weighted by molar-refractivity contribution is 5.82. The van der Waals surface area contributed by atoms with E-state index >= 15 is 0 Å². The third-order valence-electron chi connectivity index (χ3n) is 7.70. The van der Waals surface area contributed by atoms with Crippen molar-refractivity contribution in [3.63, 3.8) is 0 Å². The van der Waals surface area contributed by atoms with Crippen molar-refractivity contribution in [1.29, 1.82) is 0 Å². The molecule has 0 N–H and O–H groups in total. The van der Waals surface area contributed by atoms with Crippen molar-refractivity contribution < 1.29 is 9.47 Å². The molecule has 0 spiro atoms. The van der Waals surface area contributed by atoms with E-state index in [1.54, 1.807) is 10.9 Å². The average molecular weight is 533 g/mol. The van der Waals surface area contributed by atoms with Crippen LogP contribution in [0.4, 0.5) is 11.4 Å². The van der Waals surface area contributed by atoms with Crippen molar-refractivity contribution in [3.05, 3.63) is 76.2 Å². The number of benzene rings is 2. The smallest absolute Gasteiger partial charge is 0.297 e. The summed E-state index contributed by atoms with van der Waals surface area (Å²) in [7, 11) is 1.89. The molecule has 0 unspecified atom stereocenters. The van der Waals surface area contributed by atoms with Crippen LogP contribution in [-0.2, 0) is 16.5 Å². The number of ether oxygens (including phenoxy) is 2. The van der Waals surface area contributed by atoms with E-state index in [1.165, 1.54) is 5.69 Å². The van der Waals surface area contributed by atoms with Gasteiger partial charge in [-0.15, -0.1) is 0 Å². The number of anilines is 1. The van der Waals surface area contributed by atoms with Crippen molar-refractivity contribution in [2.75, 3.05) is 83.7 Å². The molecule has 39 heavy (non-hydrogen) atoms. The van der Waals surface area contributed by atoms with Crippen LogP contribution < -0.4 is 10.5 Å². The number of aliphatic imine (C=N–C) groups is 1. The molecule has 0 atom stereocenters. The van der Waals surface area contributed by atoms with Gasteiger partial charge < -0.3 is 14.4 Å². The molecule has 2 fully saturated rings. The second-order valence-corrected chi connectivity index (χ2v) is 10.2. The molecule has 2 saturated heterocycles. The van der Waals surface area contributed by atoms with Crippen LogP contribution in [0.2, 0.25) is 0 Å². The molecule has 1 aromatic heterocycles. The van der Waals surface area contributed by atoms with Gasteiger partial charge in [-0.1, -0.05) is 30.3 Å². The quantitative estimate of drug-likeness (QED) is 0.374. The van der Waals surface area contributed by atoms with Gasteiger partial charge in [0.25, 0.3) is 5.56 Å². The summed E-state index contributed by atoms with van der Waals surface area (Å²) in [5.41, 5.74) is 4.17. The molecule has 9 nitrogen and oxygen atoms in total. The zero-order valence-electron chi connectivity index (χ0n) is 23.2. The highest BCUT2D eigenvalue weighted by Gasteiger charge is 2.17. The molecule has 0 bridgehead atoms. The molecule has 9 heteroatoms. The maximum atomic E-state index is 13.2. The Hall–Kier alpha value is -3.24. The number of aromatic nitrogens is 2. The molecule has 0 radical (unpaired) electrons. The largest absolute Gasteiger partial charge is 0.379 e. The third kappa shape index (κ3) is 6.86. The van der Waals surface area contributed by atoms with Crippen LogP contribution >= 0.6 is 0 Å². The fourth-order valence-corrected chi connectivity index (χ4v) is 5.16. The topological polar surface area (TPSA) is 67.5 Å². The van der Waals surface area contributed by atoms with E-state index in [2.05, 4.69) is 44.0 Å². The van der Waals surface area contributed by atoms with Gasteiger partial charge in [0.05, 0.1) is 37.8 Å². The number of nitrogens with zero attached hydrogens (tertiary/aromatic N) is 6. The van der Waals surface area contributed by atoms with Crippen LogP contribution in [-0.4, -0.2) is 104 Å². The Morgan fingerprint density at radius 2 is 1.41 bits per heavy atom. The van der Waals surface area contributed by atoms with Gasteiger partial charge in [0.1, 0.15) is 0 Å². The SMILES string of the molecule is Cc1c(N=Cc2ccc(N(CCN3CCOCC3)CCN3CCOCC3)cc2)c(=O)n(-c2ccccc2)n1C. The Bertz CT molecular complexity index is 1250. The lowest BCUT2D eigenvalue weighted by Crippen LogP contribution is -2.45. The van der Waals surface area contributed by atoms with Crippen molar-refractivity contribution in [2.45, 2.75) is 6.92 Å². The summed E-state index contributed by atoms with van der Waals surface area (Å²) in [6.45, 7) is 13.2. The van der Waals surface area contributed by atoms with E-state index in [1.807, 2.05) is 49.0 Å². The fraction of sp³-hybridized carbons (Fsp3) is 0.467. The van der Waals surface area contributed by atoms with E-state index in [4.69, 9.17) is 9.47 Å². The Morgan fingerprint density at radius 1 is 0.846 bits per heavy atom. The number of hydrogen-bond acceptors (Lipinski definition) is 7. The van der Waals surface area contributed by atoms with Crippen molar-refractivity contribution >= 4 is 17.6 Å². The number of morpholine rings is 2. The van der Waals surface area contributed by atoms with E-state index in [0.717, 1.165) is 95.7 Å². The molecular weight excluding hydrogens is 492 g/mol. The zero-order chi connectivity index (χ0) is 27.0. The molecule has 0 amide bonds. The molecular formula is C30H40N6O3. The van der Waals surface area contributed by atoms with Crippen LogP contribution in [0.3, 0.4) is 0 Å². The van der Waals surface area contributed by atoms with Crippen LogP contribution in [0, 0.1) is 6.92 Å². The normalized spacial score (nSPS) is 17.2. The molecule has 5 rings (SSSR count). The van der Waals surface area contributed by atoms with Gasteiger partial charge in [-0.05, 0) is 36.8 Å². The van der Waals surface area contributed by atoms with Gasteiger partial charge in [-0.25, -0.2) is 9.67 Å². The maximum absolute atomic E-state index is 13.2. The first kappa shape index (κ1) is 27.3. The van der Waals surface area contributed by atoms with Crippen molar-refractivity contribution in [1.82, 2.24) is 19.2 Å². The predicted octanol–water partition coefficient (Wildman–Crippen LogP) is 2.71. The molecule has 2 aliphatic rings. The summed E-state index contributed by atoms with van der Waals surface area (Å²) in [6.07, 6.45) is 1.79. The monoisotopic (exact) mass is 532 g/mol. The Morgan fingerprint density at radius 3 is 1.97 bits per heavy atom. The van der Waals surface area contributed by atoms with Crippen molar-refractivity contribution in [3.8, 4) is 5.69 Å². The second-order valence-electron chi connectivity index (χ2n) is 10.2. The van der Waals surface area contributed by atoms with Gasteiger partial charge in [-0.2, -0.15) is 0 Å².